The molecule has 0 spiro atoms. The second-order valence-corrected chi connectivity index (χ2v) is 5.99. The van der Waals surface area contributed by atoms with Crippen LogP contribution in [0.15, 0.2) is 29.3 Å². The van der Waals surface area contributed by atoms with Crippen LogP contribution in [0.4, 0.5) is 5.82 Å². The zero-order valence-corrected chi connectivity index (χ0v) is 13.0. The number of anilines is 1. The van der Waals surface area contributed by atoms with Gasteiger partial charge in [0.2, 0.25) is 0 Å². The third kappa shape index (κ3) is 2.45. The van der Waals surface area contributed by atoms with Crippen molar-refractivity contribution in [2.75, 3.05) is 18.0 Å². The fraction of sp³-hybridized carbons (Fsp3) is 0.400. The summed E-state index contributed by atoms with van der Waals surface area (Å²) >= 11 is 0. The van der Waals surface area contributed by atoms with Crippen molar-refractivity contribution in [3.63, 3.8) is 0 Å². The van der Waals surface area contributed by atoms with Crippen LogP contribution in [0, 0.1) is 19.8 Å². The van der Waals surface area contributed by atoms with Crippen molar-refractivity contribution in [3.8, 4) is 0 Å². The predicted molar refractivity (Wildman–Crippen MR) is 84.5 cm³/mol. The lowest BCUT2D eigenvalue weighted by atomic mass is 10.0. The molecule has 23 heavy (non-hydrogen) atoms. The van der Waals surface area contributed by atoms with Crippen LogP contribution in [0.3, 0.4) is 0 Å². The zero-order valence-electron chi connectivity index (χ0n) is 13.0. The Balaban J connectivity index is 1.52. The van der Waals surface area contributed by atoms with Gasteiger partial charge in [0.05, 0.1) is 12.2 Å². The van der Waals surface area contributed by atoms with E-state index in [9.17, 15) is 4.79 Å². The molecule has 1 saturated heterocycles. The van der Waals surface area contributed by atoms with E-state index < -0.39 is 0 Å². The summed E-state index contributed by atoms with van der Waals surface area (Å²) in [4.78, 5) is 22.6. The normalized spacial score (nSPS) is 15.1. The largest absolute Gasteiger partial charge is 0.356 e. The standard InChI is InChI=1S/C15H17N7O/c1-10-3-4-14(23)21(19-10)8-12-6-20(7-12)13-5-11(2)18-15-16-9-17-22(13)15/h3-5,9,12H,6-8H2,1-2H3. The Labute approximate surface area is 132 Å². The Kier molecular flexibility index (Phi) is 3.10. The molecule has 0 unspecified atom stereocenters. The van der Waals surface area contributed by atoms with Crippen LogP contribution in [-0.4, -0.2) is 42.5 Å². The van der Waals surface area contributed by atoms with E-state index in [-0.39, 0.29) is 5.56 Å². The van der Waals surface area contributed by atoms with Crippen LogP contribution >= 0.6 is 0 Å². The van der Waals surface area contributed by atoms with Gasteiger partial charge in [-0.1, -0.05) is 0 Å². The lowest BCUT2D eigenvalue weighted by Gasteiger charge is -2.40. The molecular formula is C15H17N7O. The molecule has 0 amide bonds. The van der Waals surface area contributed by atoms with Crippen LogP contribution < -0.4 is 10.5 Å². The summed E-state index contributed by atoms with van der Waals surface area (Å²) in [6, 6.07) is 5.33. The second kappa shape index (κ2) is 5.15. The third-order valence-electron chi connectivity index (χ3n) is 4.07. The van der Waals surface area contributed by atoms with Crippen molar-refractivity contribution >= 4 is 11.6 Å². The van der Waals surface area contributed by atoms with Gasteiger partial charge in [0.1, 0.15) is 12.1 Å². The number of hydrogen-bond acceptors (Lipinski definition) is 6. The number of aryl methyl sites for hydroxylation is 2. The van der Waals surface area contributed by atoms with Crippen LogP contribution in [0.25, 0.3) is 5.78 Å². The molecular weight excluding hydrogens is 294 g/mol. The zero-order chi connectivity index (χ0) is 16.0. The van der Waals surface area contributed by atoms with Gasteiger partial charge in [-0.3, -0.25) is 4.79 Å². The highest BCUT2D eigenvalue weighted by atomic mass is 16.1. The molecule has 3 aromatic heterocycles. The van der Waals surface area contributed by atoms with Crippen molar-refractivity contribution in [1.29, 1.82) is 0 Å². The highest BCUT2D eigenvalue weighted by Crippen LogP contribution is 2.25. The number of nitrogens with zero attached hydrogens (tertiary/aromatic N) is 7. The van der Waals surface area contributed by atoms with E-state index in [0.29, 0.717) is 18.2 Å². The first kappa shape index (κ1) is 13.9. The molecule has 4 rings (SSSR count). The number of hydrogen-bond donors (Lipinski definition) is 0. The lowest BCUT2D eigenvalue weighted by molar-refractivity contribution is 0.330. The highest BCUT2D eigenvalue weighted by molar-refractivity contribution is 5.49. The summed E-state index contributed by atoms with van der Waals surface area (Å²) < 4.78 is 3.31. The first-order valence-corrected chi connectivity index (χ1v) is 7.57. The Bertz CT molecular complexity index is 923. The van der Waals surface area contributed by atoms with E-state index in [2.05, 4.69) is 25.1 Å². The highest BCUT2D eigenvalue weighted by Gasteiger charge is 2.29. The molecule has 4 heterocycles. The van der Waals surface area contributed by atoms with Gasteiger partial charge < -0.3 is 4.90 Å². The summed E-state index contributed by atoms with van der Waals surface area (Å²) in [6.45, 7) is 6.21. The third-order valence-corrected chi connectivity index (χ3v) is 4.07. The van der Waals surface area contributed by atoms with Crippen molar-refractivity contribution in [2.24, 2.45) is 5.92 Å². The van der Waals surface area contributed by atoms with E-state index in [1.165, 1.54) is 6.33 Å². The molecule has 0 radical (unpaired) electrons. The molecule has 0 aliphatic carbocycles. The molecule has 0 aromatic carbocycles. The molecule has 0 bridgehead atoms. The Hall–Kier alpha value is -2.77. The van der Waals surface area contributed by atoms with Gasteiger partial charge in [0.25, 0.3) is 11.3 Å². The molecule has 1 aliphatic rings. The minimum atomic E-state index is -0.0486. The SMILES string of the molecule is Cc1cc(N2CC(Cn3nc(C)ccc3=O)C2)n2ncnc2n1. The van der Waals surface area contributed by atoms with Gasteiger partial charge >= 0.3 is 0 Å². The van der Waals surface area contributed by atoms with E-state index >= 15 is 0 Å². The first-order valence-electron chi connectivity index (χ1n) is 7.57. The Morgan fingerprint density at radius 2 is 2.04 bits per heavy atom. The van der Waals surface area contributed by atoms with Gasteiger partial charge in [-0.25, -0.2) is 9.67 Å². The second-order valence-electron chi connectivity index (χ2n) is 5.99. The van der Waals surface area contributed by atoms with E-state index in [0.717, 1.165) is 30.3 Å². The minimum Gasteiger partial charge on any atom is -0.356 e. The molecule has 118 valence electrons. The van der Waals surface area contributed by atoms with Crippen LogP contribution in [0.2, 0.25) is 0 Å². The average Bonchev–Trinajstić information content (AvgIpc) is 2.93. The molecule has 0 N–H and O–H groups in total. The summed E-state index contributed by atoms with van der Waals surface area (Å²) in [5, 5.41) is 8.53. The maximum atomic E-state index is 11.8. The molecule has 8 heteroatoms. The fourth-order valence-corrected chi connectivity index (χ4v) is 2.94. The van der Waals surface area contributed by atoms with Crippen molar-refractivity contribution in [3.05, 3.63) is 46.3 Å². The molecule has 1 aliphatic heterocycles. The van der Waals surface area contributed by atoms with E-state index in [1.54, 1.807) is 21.3 Å². The van der Waals surface area contributed by atoms with Gasteiger partial charge in [-0.15, -0.1) is 0 Å². The van der Waals surface area contributed by atoms with Gasteiger partial charge in [-0.2, -0.15) is 19.7 Å². The van der Waals surface area contributed by atoms with E-state index in [1.807, 2.05) is 19.9 Å². The van der Waals surface area contributed by atoms with Crippen molar-refractivity contribution in [2.45, 2.75) is 20.4 Å². The minimum absolute atomic E-state index is 0.0486. The first-order chi connectivity index (χ1) is 11.1. The maximum absolute atomic E-state index is 11.8. The average molecular weight is 311 g/mol. The van der Waals surface area contributed by atoms with E-state index in [4.69, 9.17) is 0 Å². The number of fused-ring (bicyclic) bond motifs is 1. The van der Waals surface area contributed by atoms with Crippen molar-refractivity contribution in [1.82, 2.24) is 29.4 Å². The van der Waals surface area contributed by atoms with Crippen molar-refractivity contribution < 1.29 is 0 Å². The summed E-state index contributed by atoms with van der Waals surface area (Å²) in [7, 11) is 0. The lowest BCUT2D eigenvalue weighted by Crippen LogP contribution is -2.50. The monoisotopic (exact) mass is 311 g/mol. The number of aromatic nitrogens is 6. The van der Waals surface area contributed by atoms with Gasteiger partial charge in [-0.05, 0) is 19.9 Å². The van der Waals surface area contributed by atoms with Crippen LogP contribution in [-0.2, 0) is 6.54 Å². The smallest absolute Gasteiger partial charge is 0.266 e. The number of rotatable bonds is 3. The molecule has 0 atom stereocenters. The summed E-state index contributed by atoms with van der Waals surface area (Å²) in [6.07, 6.45) is 1.51. The topological polar surface area (TPSA) is 81.2 Å². The van der Waals surface area contributed by atoms with Crippen LogP contribution in [0.1, 0.15) is 11.4 Å². The Morgan fingerprint density at radius 3 is 2.87 bits per heavy atom. The molecule has 1 fully saturated rings. The predicted octanol–water partition coefficient (Wildman–Crippen LogP) is 0.434. The van der Waals surface area contributed by atoms with Gasteiger partial charge in [0.15, 0.2) is 0 Å². The quantitative estimate of drug-likeness (QED) is 0.698. The van der Waals surface area contributed by atoms with Gasteiger partial charge in [0, 0.05) is 36.8 Å². The molecule has 8 nitrogen and oxygen atoms in total. The maximum Gasteiger partial charge on any atom is 0.266 e. The fourth-order valence-electron chi connectivity index (χ4n) is 2.94. The van der Waals surface area contributed by atoms with Crippen LogP contribution in [0.5, 0.6) is 0 Å². The summed E-state index contributed by atoms with van der Waals surface area (Å²) in [5.74, 6) is 2.00. The molecule has 3 aromatic rings. The summed E-state index contributed by atoms with van der Waals surface area (Å²) in [5.41, 5.74) is 1.72. The molecule has 0 saturated carbocycles. The Morgan fingerprint density at radius 1 is 1.22 bits per heavy atom.